The molecule has 3 nitrogen and oxygen atoms in total. The number of carbonyl (C=O) groups excluding carboxylic acids is 1. The van der Waals surface area contributed by atoms with Crippen LogP contribution in [0.5, 0.6) is 0 Å². The molecule has 0 aliphatic carbocycles. The molecule has 0 aromatic carbocycles. The van der Waals surface area contributed by atoms with Gasteiger partial charge in [-0.05, 0) is 33.0 Å². The normalized spacial score (nSPS) is 17.2. The number of carbonyl (C=O) groups is 1. The molecule has 0 radical (unpaired) electrons. The molecule has 1 amide bonds. The van der Waals surface area contributed by atoms with Crippen LogP contribution < -0.4 is 5.32 Å². The first-order chi connectivity index (χ1) is 8.10. The predicted molar refractivity (Wildman–Crippen MR) is 74.2 cm³/mol. The summed E-state index contributed by atoms with van der Waals surface area (Å²) in [5.74, 6) is 0.0968. The summed E-state index contributed by atoms with van der Waals surface area (Å²) in [5.41, 5.74) is 0. The number of likely N-dealkylation sites (tertiary alicyclic amines) is 1. The number of rotatable bonds is 4. The molecule has 0 saturated carbocycles. The molecule has 0 aromatic heterocycles. The van der Waals surface area contributed by atoms with Crippen LogP contribution in [0.1, 0.15) is 59.3 Å². The molecule has 0 spiro atoms. The fraction of sp³-hybridized carbons (Fsp3) is 0.929. The van der Waals surface area contributed by atoms with Crippen LogP contribution in [-0.2, 0) is 4.79 Å². The summed E-state index contributed by atoms with van der Waals surface area (Å²) >= 11 is 0. The zero-order valence-electron chi connectivity index (χ0n) is 12.1. The van der Waals surface area contributed by atoms with Gasteiger partial charge in [0.2, 0.25) is 5.91 Å². The molecular formula is C14H30N2O. The van der Waals surface area contributed by atoms with E-state index in [-0.39, 0.29) is 5.91 Å². The van der Waals surface area contributed by atoms with E-state index in [2.05, 4.69) is 31.1 Å². The van der Waals surface area contributed by atoms with Gasteiger partial charge in [0.25, 0.3) is 0 Å². The second-order valence-corrected chi connectivity index (χ2v) is 4.99. The Morgan fingerprint density at radius 2 is 1.65 bits per heavy atom. The van der Waals surface area contributed by atoms with Crippen molar-refractivity contribution in [1.29, 1.82) is 0 Å². The second kappa shape index (κ2) is 10.6. The molecule has 3 heteroatoms. The van der Waals surface area contributed by atoms with Crippen molar-refractivity contribution in [1.82, 2.24) is 10.2 Å². The van der Waals surface area contributed by atoms with E-state index in [0.717, 1.165) is 25.9 Å². The van der Waals surface area contributed by atoms with Crippen molar-refractivity contribution >= 4 is 5.91 Å². The number of piperidine rings is 1. The van der Waals surface area contributed by atoms with Gasteiger partial charge in [0.05, 0.1) is 0 Å². The number of hydrogen-bond donors (Lipinski definition) is 1. The van der Waals surface area contributed by atoms with E-state index < -0.39 is 0 Å². The Bertz CT molecular complexity index is 183. The van der Waals surface area contributed by atoms with Crippen LogP contribution in [0.2, 0.25) is 0 Å². The number of hydrogen-bond acceptors (Lipinski definition) is 2. The van der Waals surface area contributed by atoms with Crippen molar-refractivity contribution in [2.75, 3.05) is 20.1 Å². The van der Waals surface area contributed by atoms with E-state index in [1.165, 1.54) is 25.7 Å². The molecule has 0 bridgehead atoms. The molecule has 1 N–H and O–H groups in total. The van der Waals surface area contributed by atoms with Crippen molar-refractivity contribution in [3.63, 3.8) is 0 Å². The summed E-state index contributed by atoms with van der Waals surface area (Å²) in [6.45, 7) is 8.25. The van der Waals surface area contributed by atoms with Crippen molar-refractivity contribution in [2.24, 2.45) is 0 Å². The van der Waals surface area contributed by atoms with Gasteiger partial charge >= 0.3 is 0 Å². The molecule has 1 heterocycles. The van der Waals surface area contributed by atoms with Crippen molar-refractivity contribution in [3.05, 3.63) is 0 Å². The van der Waals surface area contributed by atoms with Gasteiger partial charge in [-0.3, -0.25) is 4.79 Å². The van der Waals surface area contributed by atoms with E-state index in [0.29, 0.717) is 6.04 Å². The lowest BCUT2D eigenvalue weighted by Crippen LogP contribution is -2.42. The monoisotopic (exact) mass is 242 g/mol. The topological polar surface area (TPSA) is 32.3 Å². The third-order valence-electron chi connectivity index (χ3n) is 3.08. The molecule has 1 aliphatic heterocycles. The van der Waals surface area contributed by atoms with Crippen LogP contribution in [-0.4, -0.2) is 37.0 Å². The molecule has 1 fully saturated rings. The number of nitrogens with one attached hydrogen (secondary N) is 1. The summed E-state index contributed by atoms with van der Waals surface area (Å²) in [7, 11) is 2.12. The average Bonchev–Trinajstić information content (AvgIpc) is 2.30. The first-order valence-electron chi connectivity index (χ1n) is 7.05. The van der Waals surface area contributed by atoms with Gasteiger partial charge < -0.3 is 10.2 Å². The maximum Gasteiger partial charge on any atom is 0.217 e. The average molecular weight is 242 g/mol. The zero-order chi connectivity index (χ0) is 13.1. The highest BCUT2D eigenvalue weighted by molar-refractivity contribution is 5.73. The Morgan fingerprint density at radius 1 is 1.18 bits per heavy atom. The SMILES string of the molecule is CC(=O)NC1CCN(C)CC1.CCCCCC. The van der Waals surface area contributed by atoms with Gasteiger partial charge in [0.15, 0.2) is 0 Å². The first-order valence-corrected chi connectivity index (χ1v) is 7.05. The second-order valence-electron chi connectivity index (χ2n) is 4.99. The zero-order valence-corrected chi connectivity index (χ0v) is 12.1. The molecule has 102 valence electrons. The minimum absolute atomic E-state index is 0.0968. The minimum atomic E-state index is 0.0968. The largest absolute Gasteiger partial charge is 0.354 e. The van der Waals surface area contributed by atoms with E-state index >= 15 is 0 Å². The molecular weight excluding hydrogens is 212 g/mol. The van der Waals surface area contributed by atoms with Crippen molar-refractivity contribution in [3.8, 4) is 0 Å². The third kappa shape index (κ3) is 10.3. The molecule has 1 rings (SSSR count). The molecule has 0 aromatic rings. The number of amides is 1. The highest BCUT2D eigenvalue weighted by Crippen LogP contribution is 2.07. The Kier molecular flexibility index (Phi) is 10.2. The fourth-order valence-corrected chi connectivity index (χ4v) is 1.94. The lowest BCUT2D eigenvalue weighted by Gasteiger charge is -2.29. The van der Waals surface area contributed by atoms with Crippen LogP contribution in [0.4, 0.5) is 0 Å². The van der Waals surface area contributed by atoms with E-state index in [9.17, 15) is 4.79 Å². The van der Waals surface area contributed by atoms with E-state index in [1.54, 1.807) is 6.92 Å². The van der Waals surface area contributed by atoms with Crippen molar-refractivity contribution < 1.29 is 4.79 Å². The smallest absolute Gasteiger partial charge is 0.217 e. The Balaban J connectivity index is 0.000000366. The summed E-state index contributed by atoms with van der Waals surface area (Å²) < 4.78 is 0. The number of nitrogens with zero attached hydrogens (tertiary/aromatic N) is 1. The van der Waals surface area contributed by atoms with Crippen molar-refractivity contribution in [2.45, 2.75) is 65.3 Å². The standard InChI is InChI=1S/C8H16N2O.C6H14/c1-7(11)9-8-3-5-10(2)6-4-8;1-3-5-6-4-2/h8H,3-6H2,1-2H3,(H,9,11);3-6H2,1-2H3. The molecule has 1 aliphatic rings. The lowest BCUT2D eigenvalue weighted by atomic mass is 10.1. The highest BCUT2D eigenvalue weighted by Gasteiger charge is 2.16. The van der Waals surface area contributed by atoms with Crippen LogP contribution in [0.3, 0.4) is 0 Å². The Labute approximate surface area is 107 Å². The van der Waals surface area contributed by atoms with Gasteiger partial charge in [-0.1, -0.05) is 39.5 Å². The maximum absolute atomic E-state index is 10.7. The summed E-state index contributed by atoms with van der Waals surface area (Å²) in [6, 6.07) is 0.420. The van der Waals surface area contributed by atoms with Crippen LogP contribution >= 0.6 is 0 Å². The minimum Gasteiger partial charge on any atom is -0.354 e. The third-order valence-corrected chi connectivity index (χ3v) is 3.08. The predicted octanol–water partition coefficient (Wildman–Crippen LogP) is 2.80. The molecule has 0 unspecified atom stereocenters. The van der Waals surface area contributed by atoms with Gasteiger partial charge in [-0.2, -0.15) is 0 Å². The van der Waals surface area contributed by atoms with E-state index in [1.807, 2.05) is 0 Å². The number of unbranched alkanes of at least 4 members (excludes halogenated alkanes) is 3. The first kappa shape index (κ1) is 16.4. The summed E-state index contributed by atoms with van der Waals surface area (Å²) in [4.78, 5) is 13.0. The highest BCUT2D eigenvalue weighted by atomic mass is 16.1. The van der Waals surface area contributed by atoms with Gasteiger partial charge in [-0.15, -0.1) is 0 Å². The molecule has 0 atom stereocenters. The summed E-state index contributed by atoms with van der Waals surface area (Å²) in [5, 5.41) is 2.94. The Morgan fingerprint density at radius 3 is 2.00 bits per heavy atom. The van der Waals surface area contributed by atoms with Gasteiger partial charge in [-0.25, -0.2) is 0 Å². The van der Waals surface area contributed by atoms with Gasteiger partial charge in [0, 0.05) is 13.0 Å². The lowest BCUT2D eigenvalue weighted by molar-refractivity contribution is -0.119. The fourth-order valence-electron chi connectivity index (χ4n) is 1.94. The summed E-state index contributed by atoms with van der Waals surface area (Å²) in [6.07, 6.45) is 7.72. The Hall–Kier alpha value is -0.570. The van der Waals surface area contributed by atoms with E-state index in [4.69, 9.17) is 0 Å². The van der Waals surface area contributed by atoms with Gasteiger partial charge in [0.1, 0.15) is 0 Å². The van der Waals surface area contributed by atoms with Crippen LogP contribution in [0.25, 0.3) is 0 Å². The quantitative estimate of drug-likeness (QED) is 0.769. The molecule has 1 saturated heterocycles. The maximum atomic E-state index is 10.7. The molecule has 17 heavy (non-hydrogen) atoms. The van der Waals surface area contributed by atoms with Crippen LogP contribution in [0, 0.1) is 0 Å². The van der Waals surface area contributed by atoms with Crippen LogP contribution in [0.15, 0.2) is 0 Å².